The Labute approximate surface area is 148 Å². The lowest BCUT2D eigenvalue weighted by Crippen LogP contribution is -1.93. The molecule has 5 heteroatoms. The van der Waals surface area contributed by atoms with Crippen LogP contribution in [0, 0.1) is 5.82 Å². The molecule has 25 heavy (non-hydrogen) atoms. The van der Waals surface area contributed by atoms with Gasteiger partial charge in [0, 0.05) is 34.4 Å². The minimum absolute atomic E-state index is 0.331. The Morgan fingerprint density at radius 2 is 1.72 bits per heavy atom. The van der Waals surface area contributed by atoms with Crippen LogP contribution in [0.5, 0.6) is 11.5 Å². The SMILES string of the molecule is Fc1ccc(Cl)cc1-c1cc(Oc2ccncc2)c2ccccc2n1. The predicted molar refractivity (Wildman–Crippen MR) is 96.5 cm³/mol. The maximum Gasteiger partial charge on any atom is 0.138 e. The fourth-order valence-corrected chi connectivity index (χ4v) is 2.77. The monoisotopic (exact) mass is 350 g/mol. The Morgan fingerprint density at radius 3 is 2.56 bits per heavy atom. The fourth-order valence-electron chi connectivity index (χ4n) is 2.59. The molecule has 0 bridgehead atoms. The zero-order valence-electron chi connectivity index (χ0n) is 13.0. The largest absolute Gasteiger partial charge is 0.456 e. The molecule has 3 nitrogen and oxygen atoms in total. The van der Waals surface area contributed by atoms with Gasteiger partial charge in [-0.15, -0.1) is 0 Å². The third-order valence-electron chi connectivity index (χ3n) is 3.76. The summed E-state index contributed by atoms with van der Waals surface area (Å²) in [5, 5.41) is 1.29. The van der Waals surface area contributed by atoms with Crippen LogP contribution in [0.4, 0.5) is 4.39 Å². The van der Waals surface area contributed by atoms with Crippen molar-refractivity contribution >= 4 is 22.5 Å². The Hall–Kier alpha value is -2.98. The molecule has 2 heterocycles. The Bertz CT molecular complexity index is 1050. The van der Waals surface area contributed by atoms with Crippen LogP contribution in [-0.2, 0) is 0 Å². The van der Waals surface area contributed by atoms with Crippen LogP contribution in [0.15, 0.2) is 73.1 Å². The quantitative estimate of drug-likeness (QED) is 0.462. The number of hydrogen-bond donors (Lipinski definition) is 0. The molecule has 2 aromatic carbocycles. The number of aromatic nitrogens is 2. The van der Waals surface area contributed by atoms with Crippen molar-refractivity contribution in [3.8, 4) is 22.8 Å². The minimum atomic E-state index is -0.387. The van der Waals surface area contributed by atoms with Gasteiger partial charge in [-0.2, -0.15) is 0 Å². The molecular formula is C20H12ClFN2O. The van der Waals surface area contributed by atoms with Crippen LogP contribution in [0.1, 0.15) is 0 Å². The molecule has 0 amide bonds. The van der Waals surface area contributed by atoms with E-state index in [1.165, 1.54) is 12.1 Å². The highest BCUT2D eigenvalue weighted by Gasteiger charge is 2.13. The second-order valence-electron chi connectivity index (χ2n) is 5.43. The number of halogens is 2. The molecule has 0 saturated heterocycles. The summed E-state index contributed by atoms with van der Waals surface area (Å²) in [4.78, 5) is 8.54. The van der Waals surface area contributed by atoms with Gasteiger partial charge in [0.05, 0.1) is 11.2 Å². The molecule has 0 fully saturated rings. The minimum Gasteiger partial charge on any atom is -0.456 e. The second kappa shape index (κ2) is 6.49. The molecule has 0 spiro atoms. The van der Waals surface area contributed by atoms with Crippen molar-refractivity contribution in [3.05, 3.63) is 83.9 Å². The van der Waals surface area contributed by atoms with Crippen LogP contribution >= 0.6 is 11.6 Å². The maximum atomic E-state index is 14.3. The Balaban J connectivity index is 1.91. The number of benzene rings is 2. The summed E-state index contributed by atoms with van der Waals surface area (Å²) in [5.74, 6) is 0.845. The van der Waals surface area contributed by atoms with Crippen molar-refractivity contribution in [1.29, 1.82) is 0 Å². The number of nitrogens with zero attached hydrogens (tertiary/aromatic N) is 2. The molecule has 4 rings (SSSR count). The van der Waals surface area contributed by atoms with Gasteiger partial charge < -0.3 is 4.74 Å². The lowest BCUT2D eigenvalue weighted by atomic mass is 10.1. The molecule has 2 aromatic heterocycles. The van der Waals surface area contributed by atoms with Crippen molar-refractivity contribution in [2.75, 3.05) is 0 Å². The Morgan fingerprint density at radius 1 is 0.920 bits per heavy atom. The summed E-state index contributed by atoms with van der Waals surface area (Å²) in [6.07, 6.45) is 3.30. The van der Waals surface area contributed by atoms with Crippen LogP contribution in [0.2, 0.25) is 5.02 Å². The predicted octanol–water partition coefficient (Wildman–Crippen LogP) is 5.88. The molecule has 0 unspecified atom stereocenters. The van der Waals surface area contributed by atoms with E-state index in [2.05, 4.69) is 9.97 Å². The lowest BCUT2D eigenvalue weighted by Gasteiger charge is -2.12. The first-order valence-electron chi connectivity index (χ1n) is 7.64. The molecular weight excluding hydrogens is 339 g/mol. The highest BCUT2D eigenvalue weighted by atomic mass is 35.5. The maximum absolute atomic E-state index is 14.3. The van der Waals surface area contributed by atoms with E-state index in [0.29, 0.717) is 33.3 Å². The first-order chi connectivity index (χ1) is 12.2. The molecule has 0 saturated carbocycles. The van der Waals surface area contributed by atoms with Crippen molar-refractivity contribution in [1.82, 2.24) is 9.97 Å². The summed E-state index contributed by atoms with van der Waals surface area (Å²) >= 11 is 6.02. The highest BCUT2D eigenvalue weighted by molar-refractivity contribution is 6.30. The second-order valence-corrected chi connectivity index (χ2v) is 5.87. The molecule has 0 aliphatic carbocycles. The van der Waals surface area contributed by atoms with Crippen molar-refractivity contribution in [2.24, 2.45) is 0 Å². The van der Waals surface area contributed by atoms with Gasteiger partial charge in [0.15, 0.2) is 0 Å². The molecule has 122 valence electrons. The van der Waals surface area contributed by atoms with E-state index >= 15 is 0 Å². The van der Waals surface area contributed by atoms with E-state index in [9.17, 15) is 4.39 Å². The number of hydrogen-bond acceptors (Lipinski definition) is 3. The summed E-state index contributed by atoms with van der Waals surface area (Å²) in [6, 6.07) is 17.2. The van der Waals surface area contributed by atoms with Crippen LogP contribution in [0.3, 0.4) is 0 Å². The molecule has 0 aliphatic heterocycles. The van der Waals surface area contributed by atoms with Gasteiger partial charge in [0.1, 0.15) is 17.3 Å². The molecule has 4 aromatic rings. The van der Waals surface area contributed by atoms with Crippen LogP contribution < -0.4 is 4.74 Å². The molecule has 0 radical (unpaired) electrons. The average molecular weight is 351 g/mol. The van der Waals surface area contributed by atoms with E-state index in [1.807, 2.05) is 24.3 Å². The zero-order chi connectivity index (χ0) is 17.2. The van der Waals surface area contributed by atoms with Crippen molar-refractivity contribution in [2.45, 2.75) is 0 Å². The van der Waals surface area contributed by atoms with Crippen molar-refractivity contribution in [3.63, 3.8) is 0 Å². The van der Waals surface area contributed by atoms with Crippen molar-refractivity contribution < 1.29 is 9.13 Å². The van der Waals surface area contributed by atoms with Crippen LogP contribution in [-0.4, -0.2) is 9.97 Å². The summed E-state index contributed by atoms with van der Waals surface area (Å²) in [7, 11) is 0. The molecule has 0 atom stereocenters. The standard InChI is InChI=1S/C20H12ClFN2O/c21-13-5-6-17(22)16(11-13)19-12-20(25-14-7-9-23-10-8-14)15-3-1-2-4-18(15)24-19/h1-12H. The topological polar surface area (TPSA) is 35.0 Å². The van der Waals surface area contributed by atoms with Gasteiger partial charge in [0.2, 0.25) is 0 Å². The average Bonchev–Trinajstić information content (AvgIpc) is 2.64. The number of ether oxygens (including phenoxy) is 1. The van der Waals surface area contributed by atoms with Gasteiger partial charge in [-0.1, -0.05) is 23.7 Å². The fraction of sp³-hybridized carbons (Fsp3) is 0. The van der Waals surface area contributed by atoms with E-state index in [0.717, 1.165) is 5.39 Å². The normalized spacial score (nSPS) is 10.8. The third kappa shape index (κ3) is 3.16. The molecule has 0 aliphatic rings. The van der Waals surface area contributed by atoms with Gasteiger partial charge in [-0.25, -0.2) is 9.37 Å². The lowest BCUT2D eigenvalue weighted by molar-refractivity contribution is 0.487. The van der Waals surface area contributed by atoms with Gasteiger partial charge in [-0.05, 0) is 42.5 Å². The third-order valence-corrected chi connectivity index (χ3v) is 4.00. The smallest absolute Gasteiger partial charge is 0.138 e. The summed E-state index contributed by atoms with van der Waals surface area (Å²) < 4.78 is 20.3. The van der Waals surface area contributed by atoms with Gasteiger partial charge in [0.25, 0.3) is 0 Å². The first kappa shape index (κ1) is 15.5. The number of pyridine rings is 2. The van der Waals surface area contributed by atoms with E-state index in [4.69, 9.17) is 16.3 Å². The van der Waals surface area contributed by atoms with E-state index < -0.39 is 0 Å². The van der Waals surface area contributed by atoms with E-state index in [1.54, 1.807) is 36.7 Å². The number of rotatable bonds is 3. The Kier molecular flexibility index (Phi) is 4.04. The van der Waals surface area contributed by atoms with E-state index in [-0.39, 0.29) is 5.82 Å². The number of fused-ring (bicyclic) bond motifs is 1. The number of para-hydroxylation sites is 1. The zero-order valence-corrected chi connectivity index (χ0v) is 13.7. The summed E-state index contributed by atoms with van der Waals surface area (Å²) in [5.41, 5.74) is 1.50. The van der Waals surface area contributed by atoms with Crippen LogP contribution in [0.25, 0.3) is 22.2 Å². The highest BCUT2D eigenvalue weighted by Crippen LogP contribution is 2.34. The molecule has 0 N–H and O–H groups in total. The first-order valence-corrected chi connectivity index (χ1v) is 8.01. The summed E-state index contributed by atoms with van der Waals surface area (Å²) in [6.45, 7) is 0. The van der Waals surface area contributed by atoms with Gasteiger partial charge >= 0.3 is 0 Å². The van der Waals surface area contributed by atoms with Gasteiger partial charge in [-0.3, -0.25) is 4.98 Å².